The molecule has 0 aliphatic carbocycles. The molecule has 1 N–H and O–H groups in total. The average Bonchev–Trinajstić information content (AvgIpc) is 2.20. The van der Waals surface area contributed by atoms with Crippen LogP contribution in [0.15, 0.2) is 0 Å². The minimum absolute atomic E-state index is 0.115. The second kappa shape index (κ2) is 5.49. The molecule has 1 heterocycles. The van der Waals surface area contributed by atoms with E-state index in [1.807, 2.05) is 6.92 Å². The van der Waals surface area contributed by atoms with E-state index in [0.717, 1.165) is 0 Å². The van der Waals surface area contributed by atoms with Crippen LogP contribution in [0.4, 0.5) is 0 Å². The molecule has 1 aliphatic heterocycles. The van der Waals surface area contributed by atoms with E-state index in [9.17, 15) is 9.59 Å². The number of nitrogens with zero attached hydrogens (tertiary/aromatic N) is 1. The summed E-state index contributed by atoms with van der Waals surface area (Å²) in [6.07, 6.45) is 0.526. The molecule has 0 aromatic rings. The summed E-state index contributed by atoms with van der Waals surface area (Å²) < 4.78 is 5.29. The molecule has 1 aliphatic rings. The highest BCUT2D eigenvalue weighted by Crippen LogP contribution is 2.31. The Balaban J connectivity index is 2.37. The third-order valence-corrected chi connectivity index (χ3v) is 3.91. The molecule has 0 aromatic carbocycles. The van der Waals surface area contributed by atoms with Crippen LogP contribution in [0, 0.1) is 11.3 Å². The lowest BCUT2D eigenvalue weighted by molar-refractivity contribution is -0.174. The summed E-state index contributed by atoms with van der Waals surface area (Å²) in [5, 5.41) is 8.57. The van der Waals surface area contributed by atoms with Gasteiger partial charge < -0.3 is 14.7 Å². The summed E-state index contributed by atoms with van der Waals surface area (Å²) in [6.45, 7) is 11.0. The van der Waals surface area contributed by atoms with Crippen LogP contribution in [-0.2, 0) is 14.3 Å². The third kappa shape index (κ3) is 4.49. The predicted octanol–water partition coefficient (Wildman–Crippen LogP) is 1.76. The number of aliphatic carboxylic acids is 1. The van der Waals surface area contributed by atoms with Gasteiger partial charge in [0.15, 0.2) is 0 Å². The Hall–Kier alpha value is -1.10. The Labute approximate surface area is 114 Å². The molecule has 19 heavy (non-hydrogen) atoms. The van der Waals surface area contributed by atoms with Crippen molar-refractivity contribution >= 4 is 11.9 Å². The fraction of sp³-hybridized carbons (Fsp3) is 0.857. The Bertz CT molecular complexity index is 353. The highest BCUT2D eigenvalue weighted by atomic mass is 16.5. The first kappa shape index (κ1) is 16.0. The molecule has 0 bridgehead atoms. The normalized spacial score (nSPS) is 19.7. The summed E-state index contributed by atoms with van der Waals surface area (Å²) in [4.78, 5) is 24.3. The number of likely N-dealkylation sites (tertiary alicyclic amines) is 1. The highest BCUT2D eigenvalue weighted by Gasteiger charge is 2.43. The number of carboxylic acid groups (broad SMARTS) is 1. The largest absolute Gasteiger partial charge is 0.480 e. The van der Waals surface area contributed by atoms with Gasteiger partial charge in [0.1, 0.15) is 12.2 Å². The van der Waals surface area contributed by atoms with Gasteiger partial charge in [-0.05, 0) is 18.3 Å². The average molecular weight is 271 g/mol. The second-order valence-corrected chi connectivity index (χ2v) is 6.85. The first-order chi connectivity index (χ1) is 8.53. The van der Waals surface area contributed by atoms with E-state index in [4.69, 9.17) is 9.84 Å². The smallest absolute Gasteiger partial charge is 0.329 e. The number of hydrogen-bond donors (Lipinski definition) is 1. The lowest BCUT2D eigenvalue weighted by Gasteiger charge is -2.47. The molecule has 110 valence electrons. The van der Waals surface area contributed by atoms with Crippen LogP contribution in [0.5, 0.6) is 0 Å². The van der Waals surface area contributed by atoms with Gasteiger partial charge in [0.25, 0.3) is 0 Å². The van der Waals surface area contributed by atoms with E-state index >= 15 is 0 Å². The Kier molecular flexibility index (Phi) is 4.61. The van der Waals surface area contributed by atoms with Gasteiger partial charge in [-0.2, -0.15) is 0 Å². The van der Waals surface area contributed by atoms with Crippen molar-refractivity contribution < 1.29 is 19.4 Å². The zero-order chi connectivity index (χ0) is 14.8. The van der Waals surface area contributed by atoms with Crippen LogP contribution in [0.25, 0.3) is 0 Å². The summed E-state index contributed by atoms with van der Waals surface area (Å²) in [7, 11) is 0. The number of carboxylic acids is 1. The molecule has 1 fully saturated rings. The number of amides is 1. The van der Waals surface area contributed by atoms with Gasteiger partial charge in [-0.25, -0.2) is 4.79 Å². The molecule has 1 amide bonds. The molecule has 5 nitrogen and oxygen atoms in total. The van der Waals surface area contributed by atoms with Crippen molar-refractivity contribution in [1.29, 1.82) is 0 Å². The minimum Gasteiger partial charge on any atom is -0.480 e. The van der Waals surface area contributed by atoms with E-state index in [2.05, 4.69) is 27.7 Å². The summed E-state index contributed by atoms with van der Waals surface area (Å²) in [5.41, 5.74) is -0.386. The Morgan fingerprint density at radius 2 is 1.89 bits per heavy atom. The zero-order valence-corrected chi connectivity index (χ0v) is 12.5. The summed E-state index contributed by atoms with van der Waals surface area (Å²) in [5.74, 6) is -0.544. The fourth-order valence-corrected chi connectivity index (χ4v) is 1.96. The maximum Gasteiger partial charge on any atom is 0.329 e. The molecule has 0 aromatic heterocycles. The lowest BCUT2D eigenvalue weighted by Crippen LogP contribution is -2.63. The standard InChI is InChI=1S/C14H25NO4/c1-10(13(2,3)4)6-11(16)15-8-14(5,9-15)19-7-12(17)18/h10H,6-9H2,1-5H3,(H,17,18). The Morgan fingerprint density at radius 3 is 2.32 bits per heavy atom. The van der Waals surface area contributed by atoms with Crippen LogP contribution in [0.1, 0.15) is 41.0 Å². The predicted molar refractivity (Wildman–Crippen MR) is 71.8 cm³/mol. The maximum absolute atomic E-state index is 12.1. The van der Waals surface area contributed by atoms with Crippen LogP contribution in [0.2, 0.25) is 0 Å². The van der Waals surface area contributed by atoms with Crippen LogP contribution in [-0.4, -0.2) is 47.2 Å². The number of carbonyl (C=O) groups excluding carboxylic acids is 1. The Morgan fingerprint density at radius 1 is 1.37 bits per heavy atom. The van der Waals surface area contributed by atoms with Crippen LogP contribution >= 0.6 is 0 Å². The fourth-order valence-electron chi connectivity index (χ4n) is 1.96. The van der Waals surface area contributed by atoms with Crippen LogP contribution < -0.4 is 0 Å². The summed E-state index contributed by atoms with van der Waals surface area (Å²) >= 11 is 0. The van der Waals surface area contributed by atoms with E-state index in [1.54, 1.807) is 4.90 Å². The minimum atomic E-state index is -0.979. The molecule has 5 heteroatoms. The van der Waals surface area contributed by atoms with Crippen molar-refractivity contribution in [3.8, 4) is 0 Å². The molecule has 1 saturated heterocycles. The molecule has 0 saturated carbocycles. The number of carbonyl (C=O) groups is 2. The van der Waals surface area contributed by atoms with Crippen molar-refractivity contribution in [2.45, 2.75) is 46.6 Å². The van der Waals surface area contributed by atoms with Gasteiger partial charge in [-0.1, -0.05) is 27.7 Å². The highest BCUT2D eigenvalue weighted by molar-refractivity contribution is 5.77. The summed E-state index contributed by atoms with van der Waals surface area (Å²) in [6, 6.07) is 0. The monoisotopic (exact) mass is 271 g/mol. The van der Waals surface area contributed by atoms with Gasteiger partial charge in [-0.3, -0.25) is 4.79 Å². The van der Waals surface area contributed by atoms with Gasteiger partial charge in [0.2, 0.25) is 5.91 Å². The van der Waals surface area contributed by atoms with Gasteiger partial charge in [0.05, 0.1) is 13.1 Å². The van der Waals surface area contributed by atoms with Gasteiger partial charge >= 0.3 is 5.97 Å². The number of ether oxygens (including phenoxy) is 1. The van der Waals surface area contributed by atoms with E-state index in [1.165, 1.54) is 0 Å². The molecule has 1 unspecified atom stereocenters. The maximum atomic E-state index is 12.1. The van der Waals surface area contributed by atoms with E-state index in [0.29, 0.717) is 25.4 Å². The molecule has 1 atom stereocenters. The SMILES string of the molecule is CC(CC(=O)N1CC(C)(OCC(=O)O)C1)C(C)(C)C. The number of rotatable bonds is 5. The lowest BCUT2D eigenvalue weighted by atomic mass is 9.79. The van der Waals surface area contributed by atoms with Crippen molar-refractivity contribution in [2.24, 2.45) is 11.3 Å². The van der Waals surface area contributed by atoms with Crippen molar-refractivity contribution in [3.63, 3.8) is 0 Å². The molecule has 1 rings (SSSR count). The third-order valence-electron chi connectivity index (χ3n) is 3.91. The van der Waals surface area contributed by atoms with Gasteiger partial charge in [0, 0.05) is 6.42 Å². The number of hydrogen-bond acceptors (Lipinski definition) is 3. The quantitative estimate of drug-likeness (QED) is 0.827. The topological polar surface area (TPSA) is 66.8 Å². The molecular formula is C14H25NO4. The van der Waals surface area contributed by atoms with E-state index in [-0.39, 0.29) is 17.9 Å². The zero-order valence-electron chi connectivity index (χ0n) is 12.5. The van der Waals surface area contributed by atoms with Crippen molar-refractivity contribution in [2.75, 3.05) is 19.7 Å². The van der Waals surface area contributed by atoms with E-state index < -0.39 is 11.6 Å². The molecular weight excluding hydrogens is 246 g/mol. The first-order valence-corrected chi connectivity index (χ1v) is 6.67. The van der Waals surface area contributed by atoms with Crippen molar-refractivity contribution in [1.82, 2.24) is 4.90 Å². The second-order valence-electron chi connectivity index (χ2n) is 6.85. The molecule has 0 radical (unpaired) electrons. The van der Waals surface area contributed by atoms with Crippen LogP contribution in [0.3, 0.4) is 0 Å². The molecule has 0 spiro atoms. The van der Waals surface area contributed by atoms with Gasteiger partial charge in [-0.15, -0.1) is 0 Å². The van der Waals surface area contributed by atoms with Crippen molar-refractivity contribution in [3.05, 3.63) is 0 Å². The first-order valence-electron chi connectivity index (χ1n) is 6.67.